The minimum absolute atomic E-state index is 0.562. The molecule has 1 aliphatic heterocycles. The van der Waals surface area contributed by atoms with E-state index in [2.05, 4.69) is 32.1 Å². The molecule has 2 rings (SSSR count). The third-order valence-electron chi connectivity index (χ3n) is 3.31. The Morgan fingerprint density at radius 1 is 1.29 bits per heavy atom. The van der Waals surface area contributed by atoms with Gasteiger partial charge in [0, 0.05) is 36.0 Å². The molecule has 0 amide bonds. The van der Waals surface area contributed by atoms with E-state index in [1.54, 1.807) is 0 Å². The van der Waals surface area contributed by atoms with Crippen molar-refractivity contribution in [1.82, 2.24) is 3.11 Å². The van der Waals surface area contributed by atoms with E-state index in [1.165, 1.54) is 31.5 Å². The quantitative estimate of drug-likeness (QED) is 0.407. The number of rotatable bonds is 1. The van der Waals surface area contributed by atoms with Crippen LogP contribution in [0.1, 0.15) is 32.1 Å². The largest absolute Gasteiger partial charge is 0.248 e. The molecule has 1 atom stereocenters. The van der Waals surface area contributed by atoms with Gasteiger partial charge < -0.3 is 0 Å². The van der Waals surface area contributed by atoms with E-state index in [-0.39, 0.29) is 0 Å². The zero-order chi connectivity index (χ0) is 9.97. The van der Waals surface area contributed by atoms with Gasteiger partial charge in [0.05, 0.1) is 0 Å². The zero-order valence-corrected chi connectivity index (χ0v) is 10.5. The summed E-state index contributed by atoms with van der Waals surface area (Å²) in [4.78, 5) is 0. The van der Waals surface area contributed by atoms with E-state index < -0.39 is 6.17 Å². The molecule has 0 aromatic rings. The fourth-order valence-corrected chi connectivity index (χ4v) is 3.00. The van der Waals surface area contributed by atoms with Crippen LogP contribution in [0.2, 0.25) is 0 Å². The molecule has 0 aromatic heterocycles. The van der Waals surface area contributed by atoms with Crippen LogP contribution in [0.4, 0.5) is 4.39 Å². The summed E-state index contributed by atoms with van der Waals surface area (Å²) in [7, 11) is 0. The van der Waals surface area contributed by atoms with Crippen LogP contribution in [0, 0.1) is 5.92 Å². The summed E-state index contributed by atoms with van der Waals surface area (Å²) in [5.41, 5.74) is 1.41. The summed E-state index contributed by atoms with van der Waals surface area (Å²) in [5, 5.41) is 0. The first-order chi connectivity index (χ1) is 6.75. The second kappa shape index (κ2) is 4.92. The van der Waals surface area contributed by atoms with Crippen molar-refractivity contribution in [1.29, 1.82) is 0 Å². The Morgan fingerprint density at radius 2 is 2.00 bits per heavy atom. The molecule has 14 heavy (non-hydrogen) atoms. The van der Waals surface area contributed by atoms with Crippen LogP contribution in [0.25, 0.3) is 0 Å². The Bertz CT molecular complexity index is 221. The Hall–Kier alpha value is 0.360. The topological polar surface area (TPSA) is 3.24 Å². The maximum Gasteiger partial charge on any atom is 0.104 e. The zero-order valence-electron chi connectivity index (χ0n) is 8.38. The number of hydrogen-bond acceptors (Lipinski definition) is 1. The molecule has 1 nitrogen and oxygen atoms in total. The summed E-state index contributed by atoms with van der Waals surface area (Å²) in [6, 6.07) is 0. The smallest absolute Gasteiger partial charge is 0.104 e. The van der Waals surface area contributed by atoms with Crippen molar-refractivity contribution in [2.45, 2.75) is 38.3 Å². The van der Waals surface area contributed by atoms with Gasteiger partial charge in [0.2, 0.25) is 0 Å². The van der Waals surface area contributed by atoms with Crippen molar-refractivity contribution in [3.63, 3.8) is 0 Å². The van der Waals surface area contributed by atoms with Crippen LogP contribution in [0.3, 0.4) is 0 Å². The molecule has 80 valence electrons. The van der Waals surface area contributed by atoms with Crippen molar-refractivity contribution in [3.8, 4) is 0 Å². The van der Waals surface area contributed by atoms with E-state index in [0.29, 0.717) is 12.3 Å². The lowest BCUT2D eigenvalue weighted by Crippen LogP contribution is -2.28. The lowest BCUT2D eigenvalue weighted by molar-refractivity contribution is 0.273. The molecule has 0 spiro atoms. The molecule has 1 fully saturated rings. The highest BCUT2D eigenvalue weighted by Gasteiger charge is 2.24. The van der Waals surface area contributed by atoms with Crippen molar-refractivity contribution in [3.05, 3.63) is 11.6 Å². The number of hydrogen-bond donors (Lipinski definition) is 0. The van der Waals surface area contributed by atoms with Crippen molar-refractivity contribution in [2.24, 2.45) is 5.92 Å². The molecule has 0 bridgehead atoms. The van der Waals surface area contributed by atoms with Gasteiger partial charge in [0.15, 0.2) is 0 Å². The van der Waals surface area contributed by atoms with Gasteiger partial charge in [-0.25, -0.2) is 7.50 Å². The lowest BCUT2D eigenvalue weighted by Gasteiger charge is -2.31. The molecule has 0 radical (unpaired) electrons. The molecular formula is C11H17FIN. The Kier molecular flexibility index (Phi) is 3.82. The average molecular weight is 309 g/mol. The van der Waals surface area contributed by atoms with Gasteiger partial charge in [-0.3, -0.25) is 0 Å². The van der Waals surface area contributed by atoms with Gasteiger partial charge in [-0.05, 0) is 38.0 Å². The fraction of sp³-hybridized carbons (Fsp3) is 0.818. The number of alkyl halides is 1. The number of piperidine rings is 1. The highest BCUT2D eigenvalue weighted by Crippen LogP contribution is 2.33. The third-order valence-corrected chi connectivity index (χ3v) is 4.27. The van der Waals surface area contributed by atoms with Crippen molar-refractivity contribution in [2.75, 3.05) is 13.1 Å². The maximum atomic E-state index is 13.2. The summed E-state index contributed by atoms with van der Waals surface area (Å²) < 4.78 is 15.6. The standard InChI is InChI=1S/C11H17FIN/c12-11-3-1-2-10(8-11)9-4-6-14(13)7-5-9/h2,9,11H,1,3-8H2. The van der Waals surface area contributed by atoms with Crippen LogP contribution in [0.5, 0.6) is 0 Å². The number of halogens is 2. The molecular weight excluding hydrogens is 292 g/mol. The van der Waals surface area contributed by atoms with E-state index in [4.69, 9.17) is 0 Å². The molecule has 0 saturated carbocycles. The molecule has 1 aliphatic carbocycles. The minimum Gasteiger partial charge on any atom is -0.248 e. The van der Waals surface area contributed by atoms with Gasteiger partial charge in [0.1, 0.15) is 6.17 Å². The SMILES string of the molecule is FC1CCC=C(C2CCN(I)CC2)C1. The molecule has 1 heterocycles. The minimum atomic E-state index is -0.562. The molecule has 2 aliphatic rings. The molecule has 0 aromatic carbocycles. The van der Waals surface area contributed by atoms with E-state index in [9.17, 15) is 4.39 Å². The van der Waals surface area contributed by atoms with Crippen molar-refractivity contribution < 1.29 is 4.39 Å². The van der Waals surface area contributed by atoms with E-state index in [1.807, 2.05) is 0 Å². The third kappa shape index (κ3) is 2.69. The highest BCUT2D eigenvalue weighted by atomic mass is 127. The number of allylic oxidation sites excluding steroid dienone is 2. The second-order valence-corrected chi connectivity index (χ2v) is 5.71. The maximum absolute atomic E-state index is 13.2. The first kappa shape index (κ1) is 10.9. The van der Waals surface area contributed by atoms with Crippen molar-refractivity contribution >= 4 is 22.9 Å². The predicted molar refractivity (Wildman–Crippen MR) is 65.1 cm³/mol. The average Bonchev–Trinajstić information content (AvgIpc) is 2.19. The van der Waals surface area contributed by atoms with Gasteiger partial charge in [-0.2, -0.15) is 0 Å². The van der Waals surface area contributed by atoms with Crippen LogP contribution in [-0.2, 0) is 0 Å². The number of nitrogens with zero attached hydrogens (tertiary/aromatic N) is 1. The molecule has 0 N–H and O–H groups in total. The second-order valence-electron chi connectivity index (χ2n) is 4.34. The van der Waals surface area contributed by atoms with Gasteiger partial charge >= 0.3 is 0 Å². The Labute approximate surface area is 99.2 Å². The first-order valence-electron chi connectivity index (χ1n) is 5.49. The van der Waals surface area contributed by atoms with E-state index >= 15 is 0 Å². The van der Waals surface area contributed by atoms with Crippen LogP contribution in [-0.4, -0.2) is 22.4 Å². The van der Waals surface area contributed by atoms with Crippen LogP contribution < -0.4 is 0 Å². The summed E-state index contributed by atoms with van der Waals surface area (Å²) >= 11 is 2.38. The normalized spacial score (nSPS) is 31.6. The molecule has 1 unspecified atom stereocenters. The lowest BCUT2D eigenvalue weighted by atomic mass is 9.83. The Balaban J connectivity index is 1.91. The predicted octanol–water partition coefficient (Wildman–Crippen LogP) is 3.50. The summed E-state index contributed by atoms with van der Waals surface area (Å²) in [6.45, 7) is 2.33. The summed E-state index contributed by atoms with van der Waals surface area (Å²) in [5.74, 6) is 0.680. The molecule has 1 saturated heterocycles. The molecule has 3 heteroatoms. The van der Waals surface area contributed by atoms with Gasteiger partial charge in [-0.15, -0.1) is 0 Å². The van der Waals surface area contributed by atoms with Gasteiger partial charge in [0.25, 0.3) is 0 Å². The monoisotopic (exact) mass is 309 g/mol. The highest BCUT2D eigenvalue weighted by molar-refractivity contribution is 14.1. The van der Waals surface area contributed by atoms with Crippen LogP contribution in [0.15, 0.2) is 11.6 Å². The first-order valence-corrected chi connectivity index (χ1v) is 6.46. The van der Waals surface area contributed by atoms with Gasteiger partial charge in [-0.1, -0.05) is 11.6 Å². The summed E-state index contributed by atoms with van der Waals surface area (Å²) in [6.07, 6.45) is 6.60. The fourth-order valence-electron chi connectivity index (χ4n) is 2.44. The Morgan fingerprint density at radius 3 is 2.64 bits per heavy atom. The van der Waals surface area contributed by atoms with E-state index in [0.717, 1.165) is 12.8 Å². The van der Waals surface area contributed by atoms with Crippen LogP contribution >= 0.6 is 22.9 Å².